The first kappa shape index (κ1) is 13.1. The van der Waals surface area contributed by atoms with Crippen molar-refractivity contribution in [1.29, 1.82) is 0 Å². The number of methoxy groups -OCH3 is 1. The summed E-state index contributed by atoms with van der Waals surface area (Å²) in [5, 5.41) is 2.48. The third-order valence-corrected chi connectivity index (χ3v) is 4.39. The largest absolute Gasteiger partial charge is 0.497 e. The number of ether oxygens (including phenoxy) is 1. The second-order valence-corrected chi connectivity index (χ2v) is 5.27. The first-order chi connectivity index (χ1) is 8.61. The predicted octanol–water partition coefficient (Wildman–Crippen LogP) is 4.14. The highest BCUT2D eigenvalue weighted by Gasteiger charge is 2.15. The molecule has 2 rings (SSSR count). The molecule has 94 valence electrons. The van der Waals surface area contributed by atoms with Crippen LogP contribution in [0, 0.1) is 6.92 Å². The van der Waals surface area contributed by atoms with Gasteiger partial charge < -0.3 is 4.74 Å². The maximum absolute atomic E-state index is 12.1. The highest BCUT2D eigenvalue weighted by Crippen LogP contribution is 2.28. The van der Waals surface area contributed by atoms with Crippen LogP contribution < -0.4 is 4.74 Å². The van der Waals surface area contributed by atoms with Gasteiger partial charge in [0.05, 0.1) is 17.0 Å². The van der Waals surface area contributed by atoms with E-state index in [1.807, 2.05) is 36.6 Å². The molecule has 0 N–H and O–H groups in total. The van der Waals surface area contributed by atoms with Crippen LogP contribution in [0.2, 0.25) is 5.02 Å². The minimum absolute atomic E-state index is 0.0475. The molecule has 1 aromatic heterocycles. The fourth-order valence-electron chi connectivity index (χ4n) is 1.67. The van der Waals surface area contributed by atoms with E-state index in [4.69, 9.17) is 16.3 Å². The lowest BCUT2D eigenvalue weighted by Crippen LogP contribution is -2.02. The Morgan fingerprint density at radius 3 is 2.83 bits per heavy atom. The van der Waals surface area contributed by atoms with E-state index in [2.05, 4.69) is 0 Å². The molecule has 0 unspecified atom stereocenters. The summed E-state index contributed by atoms with van der Waals surface area (Å²) in [6.07, 6.45) is 0.344. The van der Waals surface area contributed by atoms with E-state index in [9.17, 15) is 4.79 Å². The van der Waals surface area contributed by atoms with Crippen molar-refractivity contribution in [2.24, 2.45) is 0 Å². The monoisotopic (exact) mass is 280 g/mol. The molecule has 2 nitrogen and oxygen atoms in total. The standard InChI is InChI=1S/C14H13ClO2S/c1-9-8-18-14(13(9)15)12(16)7-10-4-3-5-11(6-10)17-2/h3-6,8H,7H2,1-2H3. The number of benzene rings is 1. The first-order valence-electron chi connectivity index (χ1n) is 5.51. The number of carbonyl (C=O) groups is 1. The Balaban J connectivity index is 2.18. The van der Waals surface area contributed by atoms with E-state index >= 15 is 0 Å². The van der Waals surface area contributed by atoms with Crippen LogP contribution in [-0.2, 0) is 6.42 Å². The number of Topliss-reactive ketones (excluding diaryl/α,β-unsaturated/α-hetero) is 1. The molecule has 0 aliphatic carbocycles. The highest BCUT2D eigenvalue weighted by atomic mass is 35.5. The Kier molecular flexibility index (Phi) is 4.04. The number of ketones is 1. The number of halogens is 1. The fraction of sp³-hybridized carbons (Fsp3) is 0.214. The molecular formula is C14H13ClO2S. The molecule has 0 aliphatic heterocycles. The Morgan fingerprint density at radius 1 is 1.44 bits per heavy atom. The second-order valence-electron chi connectivity index (χ2n) is 4.01. The molecule has 0 radical (unpaired) electrons. The third kappa shape index (κ3) is 2.74. The Morgan fingerprint density at radius 2 is 2.22 bits per heavy atom. The van der Waals surface area contributed by atoms with Gasteiger partial charge in [0.2, 0.25) is 0 Å². The topological polar surface area (TPSA) is 26.3 Å². The average Bonchev–Trinajstić information content (AvgIpc) is 2.70. The summed E-state index contributed by atoms with van der Waals surface area (Å²) >= 11 is 7.49. The fourth-order valence-corrected chi connectivity index (χ4v) is 2.90. The van der Waals surface area contributed by atoms with Crippen LogP contribution in [0.15, 0.2) is 29.6 Å². The van der Waals surface area contributed by atoms with Gasteiger partial charge in [-0.25, -0.2) is 0 Å². The summed E-state index contributed by atoms with van der Waals surface area (Å²) in [4.78, 5) is 12.8. The van der Waals surface area contributed by atoms with Crippen LogP contribution in [0.4, 0.5) is 0 Å². The van der Waals surface area contributed by atoms with Gasteiger partial charge in [0.1, 0.15) is 5.75 Å². The van der Waals surface area contributed by atoms with Gasteiger partial charge in [-0.3, -0.25) is 4.79 Å². The van der Waals surface area contributed by atoms with Gasteiger partial charge in [0.15, 0.2) is 5.78 Å². The third-order valence-electron chi connectivity index (χ3n) is 2.65. The lowest BCUT2D eigenvalue weighted by atomic mass is 10.1. The van der Waals surface area contributed by atoms with E-state index in [-0.39, 0.29) is 5.78 Å². The van der Waals surface area contributed by atoms with Gasteiger partial charge in [-0.05, 0) is 35.6 Å². The lowest BCUT2D eigenvalue weighted by Gasteiger charge is -2.03. The molecule has 0 spiro atoms. The van der Waals surface area contributed by atoms with Crippen LogP contribution >= 0.6 is 22.9 Å². The normalized spacial score (nSPS) is 10.4. The number of hydrogen-bond acceptors (Lipinski definition) is 3. The number of thiophene rings is 1. The lowest BCUT2D eigenvalue weighted by molar-refractivity contribution is 0.0997. The maximum Gasteiger partial charge on any atom is 0.178 e. The average molecular weight is 281 g/mol. The zero-order chi connectivity index (χ0) is 13.1. The summed E-state index contributed by atoms with van der Waals surface area (Å²) in [5.41, 5.74) is 1.89. The second kappa shape index (κ2) is 5.55. The number of hydrogen-bond donors (Lipinski definition) is 0. The molecule has 0 aliphatic rings. The molecule has 2 aromatic rings. The summed E-state index contributed by atoms with van der Waals surface area (Å²) < 4.78 is 5.14. The SMILES string of the molecule is COc1cccc(CC(=O)c2scc(C)c2Cl)c1. The Labute approximate surface area is 115 Å². The minimum Gasteiger partial charge on any atom is -0.497 e. The molecule has 0 atom stereocenters. The van der Waals surface area contributed by atoms with E-state index in [0.717, 1.165) is 16.9 Å². The van der Waals surface area contributed by atoms with Gasteiger partial charge >= 0.3 is 0 Å². The summed E-state index contributed by atoms with van der Waals surface area (Å²) in [6.45, 7) is 1.90. The Hall–Kier alpha value is -1.32. The zero-order valence-corrected chi connectivity index (χ0v) is 11.8. The van der Waals surface area contributed by atoms with E-state index in [0.29, 0.717) is 16.3 Å². The van der Waals surface area contributed by atoms with Crippen LogP contribution in [0.5, 0.6) is 5.75 Å². The van der Waals surface area contributed by atoms with Crippen molar-refractivity contribution >= 4 is 28.7 Å². The molecule has 4 heteroatoms. The predicted molar refractivity (Wildman–Crippen MR) is 75.1 cm³/mol. The van der Waals surface area contributed by atoms with Crippen molar-refractivity contribution in [1.82, 2.24) is 0 Å². The smallest absolute Gasteiger partial charge is 0.178 e. The molecule has 0 amide bonds. The van der Waals surface area contributed by atoms with Crippen LogP contribution in [0.3, 0.4) is 0 Å². The Bertz CT molecular complexity index is 575. The zero-order valence-electron chi connectivity index (χ0n) is 10.2. The van der Waals surface area contributed by atoms with Crippen molar-refractivity contribution in [2.45, 2.75) is 13.3 Å². The summed E-state index contributed by atoms with van der Waals surface area (Å²) in [5.74, 6) is 0.806. The highest BCUT2D eigenvalue weighted by molar-refractivity contribution is 7.13. The van der Waals surface area contributed by atoms with Crippen molar-refractivity contribution in [3.8, 4) is 5.75 Å². The quantitative estimate of drug-likeness (QED) is 0.787. The maximum atomic E-state index is 12.1. The van der Waals surface area contributed by atoms with Crippen LogP contribution in [-0.4, -0.2) is 12.9 Å². The molecule has 1 aromatic carbocycles. The molecule has 1 heterocycles. The van der Waals surface area contributed by atoms with E-state index < -0.39 is 0 Å². The van der Waals surface area contributed by atoms with Crippen molar-refractivity contribution in [3.05, 3.63) is 50.7 Å². The van der Waals surface area contributed by atoms with Crippen molar-refractivity contribution in [3.63, 3.8) is 0 Å². The van der Waals surface area contributed by atoms with Gasteiger partial charge in [-0.15, -0.1) is 11.3 Å². The van der Waals surface area contributed by atoms with Gasteiger partial charge in [0.25, 0.3) is 0 Å². The van der Waals surface area contributed by atoms with Crippen molar-refractivity contribution < 1.29 is 9.53 Å². The van der Waals surface area contributed by atoms with E-state index in [1.54, 1.807) is 7.11 Å². The molecule has 18 heavy (non-hydrogen) atoms. The molecule has 0 saturated heterocycles. The van der Waals surface area contributed by atoms with Gasteiger partial charge in [-0.2, -0.15) is 0 Å². The minimum atomic E-state index is 0.0475. The molecule has 0 fully saturated rings. The summed E-state index contributed by atoms with van der Waals surface area (Å²) in [7, 11) is 1.61. The van der Waals surface area contributed by atoms with Crippen LogP contribution in [0.1, 0.15) is 20.8 Å². The number of rotatable bonds is 4. The molecule has 0 bridgehead atoms. The first-order valence-corrected chi connectivity index (χ1v) is 6.77. The van der Waals surface area contributed by atoms with Gasteiger partial charge in [-0.1, -0.05) is 23.7 Å². The van der Waals surface area contributed by atoms with Gasteiger partial charge in [0, 0.05) is 6.42 Å². The number of aryl methyl sites for hydroxylation is 1. The van der Waals surface area contributed by atoms with Crippen molar-refractivity contribution in [2.75, 3.05) is 7.11 Å². The molecule has 0 saturated carbocycles. The van der Waals surface area contributed by atoms with Crippen LogP contribution in [0.25, 0.3) is 0 Å². The number of carbonyl (C=O) groups excluding carboxylic acids is 1. The van der Waals surface area contributed by atoms with E-state index in [1.165, 1.54) is 11.3 Å². The summed E-state index contributed by atoms with van der Waals surface area (Å²) in [6, 6.07) is 7.51. The molecular weight excluding hydrogens is 268 g/mol.